The molecule has 4 heteroatoms. The molecule has 2 nitrogen and oxygen atoms in total. The average molecular weight is 376 g/mol. The van der Waals surface area contributed by atoms with Crippen molar-refractivity contribution in [3.8, 4) is 0 Å². The van der Waals surface area contributed by atoms with Crippen molar-refractivity contribution in [1.29, 1.82) is 0 Å². The molecule has 1 aliphatic rings. The molecular weight excluding hydrogens is 356 g/mol. The molecule has 1 N–H and O–H groups in total. The zero-order valence-corrected chi connectivity index (χ0v) is 13.9. The SMILES string of the molecule is CCN(Cc1ccc(Br)c(Br)c1)C1CCCNC1. The molecule has 1 aromatic rings. The first kappa shape index (κ1) is 14.5. The second-order valence-electron chi connectivity index (χ2n) is 4.81. The van der Waals surface area contributed by atoms with Crippen LogP contribution >= 0.6 is 31.9 Å². The Hall–Kier alpha value is 0.1000. The standard InChI is InChI=1S/C14H20Br2N2/c1-2-18(12-4-3-7-17-9-12)10-11-5-6-13(15)14(16)8-11/h5-6,8,12,17H,2-4,7,9-10H2,1H3. The Kier molecular flexibility index (Phi) is 5.67. The lowest BCUT2D eigenvalue weighted by molar-refractivity contribution is 0.166. The number of nitrogens with zero attached hydrogens (tertiary/aromatic N) is 1. The van der Waals surface area contributed by atoms with Gasteiger partial charge in [0.15, 0.2) is 0 Å². The first-order valence-corrected chi connectivity index (χ1v) is 8.18. The van der Waals surface area contributed by atoms with E-state index in [1.54, 1.807) is 0 Å². The molecule has 1 fully saturated rings. The number of nitrogens with one attached hydrogen (secondary N) is 1. The van der Waals surface area contributed by atoms with Crippen molar-refractivity contribution in [2.45, 2.75) is 32.4 Å². The molecule has 0 radical (unpaired) electrons. The highest BCUT2D eigenvalue weighted by Crippen LogP contribution is 2.25. The third kappa shape index (κ3) is 3.80. The summed E-state index contributed by atoms with van der Waals surface area (Å²) >= 11 is 7.09. The number of benzene rings is 1. The minimum absolute atomic E-state index is 0.686. The quantitative estimate of drug-likeness (QED) is 0.861. The van der Waals surface area contributed by atoms with Gasteiger partial charge in [0.05, 0.1) is 0 Å². The molecule has 1 atom stereocenters. The summed E-state index contributed by atoms with van der Waals surface area (Å²) < 4.78 is 2.26. The summed E-state index contributed by atoms with van der Waals surface area (Å²) in [6.45, 7) is 6.71. The van der Waals surface area contributed by atoms with Crippen LogP contribution in [0, 0.1) is 0 Å². The number of halogens is 2. The van der Waals surface area contributed by atoms with Crippen LogP contribution in [-0.2, 0) is 6.54 Å². The summed E-state index contributed by atoms with van der Waals surface area (Å²) in [5.74, 6) is 0. The Bertz CT molecular complexity index is 389. The second kappa shape index (κ2) is 7.04. The highest BCUT2D eigenvalue weighted by Gasteiger charge is 2.19. The molecule has 1 saturated heterocycles. The fourth-order valence-electron chi connectivity index (χ4n) is 2.52. The summed E-state index contributed by atoms with van der Waals surface area (Å²) in [7, 11) is 0. The number of hydrogen-bond donors (Lipinski definition) is 1. The van der Waals surface area contributed by atoms with Crippen molar-refractivity contribution in [3.63, 3.8) is 0 Å². The van der Waals surface area contributed by atoms with Crippen LogP contribution in [-0.4, -0.2) is 30.6 Å². The van der Waals surface area contributed by atoms with Crippen LogP contribution in [0.3, 0.4) is 0 Å². The maximum Gasteiger partial charge on any atom is 0.0320 e. The van der Waals surface area contributed by atoms with Gasteiger partial charge >= 0.3 is 0 Å². The maximum atomic E-state index is 3.58. The van der Waals surface area contributed by atoms with Gasteiger partial charge in [-0.15, -0.1) is 0 Å². The summed E-state index contributed by atoms with van der Waals surface area (Å²) in [6.07, 6.45) is 2.61. The fraction of sp³-hybridized carbons (Fsp3) is 0.571. The molecule has 100 valence electrons. The van der Waals surface area contributed by atoms with E-state index in [2.05, 4.69) is 67.2 Å². The van der Waals surface area contributed by atoms with Crippen molar-refractivity contribution in [2.24, 2.45) is 0 Å². The summed E-state index contributed by atoms with van der Waals surface area (Å²) in [6, 6.07) is 7.22. The molecule has 0 spiro atoms. The fourth-order valence-corrected chi connectivity index (χ4v) is 3.19. The lowest BCUT2D eigenvalue weighted by atomic mass is 10.0. The van der Waals surface area contributed by atoms with Gasteiger partial charge in [-0.1, -0.05) is 13.0 Å². The van der Waals surface area contributed by atoms with Crippen molar-refractivity contribution < 1.29 is 0 Å². The highest BCUT2D eigenvalue weighted by atomic mass is 79.9. The van der Waals surface area contributed by atoms with Crippen LogP contribution < -0.4 is 5.32 Å². The largest absolute Gasteiger partial charge is 0.315 e. The monoisotopic (exact) mass is 374 g/mol. The normalized spacial score (nSPS) is 20.3. The molecule has 0 saturated carbocycles. The van der Waals surface area contributed by atoms with Crippen LogP contribution in [0.2, 0.25) is 0 Å². The summed E-state index contributed by atoms with van der Waals surface area (Å²) in [5, 5.41) is 3.50. The lowest BCUT2D eigenvalue weighted by Gasteiger charge is -2.34. The Morgan fingerprint density at radius 1 is 1.33 bits per heavy atom. The van der Waals surface area contributed by atoms with E-state index in [4.69, 9.17) is 0 Å². The molecule has 0 bridgehead atoms. The Balaban J connectivity index is 2.02. The summed E-state index contributed by atoms with van der Waals surface area (Å²) in [5.41, 5.74) is 1.37. The van der Waals surface area contributed by atoms with E-state index in [0.29, 0.717) is 6.04 Å². The van der Waals surface area contributed by atoms with Crippen LogP contribution in [0.1, 0.15) is 25.3 Å². The van der Waals surface area contributed by atoms with Gasteiger partial charge in [0, 0.05) is 28.1 Å². The van der Waals surface area contributed by atoms with Crippen molar-refractivity contribution in [3.05, 3.63) is 32.7 Å². The van der Waals surface area contributed by atoms with Gasteiger partial charge in [-0.05, 0) is 75.5 Å². The predicted octanol–water partition coefficient (Wildman–Crippen LogP) is 3.79. The molecule has 1 unspecified atom stereocenters. The van der Waals surface area contributed by atoms with Crippen molar-refractivity contribution in [2.75, 3.05) is 19.6 Å². The van der Waals surface area contributed by atoms with Gasteiger partial charge in [0.1, 0.15) is 0 Å². The van der Waals surface area contributed by atoms with Crippen LogP contribution in [0.4, 0.5) is 0 Å². The van der Waals surface area contributed by atoms with E-state index in [-0.39, 0.29) is 0 Å². The Labute approximate surface area is 126 Å². The van der Waals surface area contributed by atoms with Crippen molar-refractivity contribution in [1.82, 2.24) is 10.2 Å². The van der Waals surface area contributed by atoms with Gasteiger partial charge < -0.3 is 5.32 Å². The molecule has 0 amide bonds. The molecule has 0 aliphatic carbocycles. The van der Waals surface area contributed by atoms with Crippen LogP contribution in [0.5, 0.6) is 0 Å². The van der Waals surface area contributed by atoms with E-state index in [1.807, 2.05) is 0 Å². The first-order chi connectivity index (χ1) is 8.70. The molecule has 1 heterocycles. The van der Waals surface area contributed by atoms with Gasteiger partial charge in [-0.2, -0.15) is 0 Å². The van der Waals surface area contributed by atoms with E-state index in [1.165, 1.54) is 24.9 Å². The van der Waals surface area contributed by atoms with Crippen LogP contribution in [0.25, 0.3) is 0 Å². The molecule has 1 aliphatic heterocycles. The Morgan fingerprint density at radius 3 is 2.78 bits per heavy atom. The zero-order chi connectivity index (χ0) is 13.0. The van der Waals surface area contributed by atoms with E-state index >= 15 is 0 Å². The minimum Gasteiger partial charge on any atom is -0.315 e. The minimum atomic E-state index is 0.686. The number of rotatable bonds is 4. The van der Waals surface area contributed by atoms with Crippen LogP contribution in [0.15, 0.2) is 27.1 Å². The Morgan fingerprint density at radius 2 is 2.17 bits per heavy atom. The second-order valence-corrected chi connectivity index (χ2v) is 6.52. The topological polar surface area (TPSA) is 15.3 Å². The maximum absolute atomic E-state index is 3.58. The third-order valence-corrected chi connectivity index (χ3v) is 5.44. The molecule has 1 aromatic carbocycles. The first-order valence-electron chi connectivity index (χ1n) is 6.59. The van der Waals surface area contributed by atoms with E-state index in [0.717, 1.165) is 28.6 Å². The van der Waals surface area contributed by atoms with E-state index in [9.17, 15) is 0 Å². The molecular formula is C14H20Br2N2. The number of likely N-dealkylation sites (N-methyl/N-ethyl adjacent to an activating group) is 1. The average Bonchev–Trinajstić information content (AvgIpc) is 2.41. The molecule has 2 rings (SSSR count). The lowest BCUT2D eigenvalue weighted by Crippen LogP contribution is -2.45. The molecule has 18 heavy (non-hydrogen) atoms. The van der Waals surface area contributed by atoms with Gasteiger partial charge in [-0.3, -0.25) is 4.90 Å². The van der Waals surface area contributed by atoms with Gasteiger partial charge in [-0.25, -0.2) is 0 Å². The van der Waals surface area contributed by atoms with Crippen molar-refractivity contribution >= 4 is 31.9 Å². The van der Waals surface area contributed by atoms with E-state index < -0.39 is 0 Å². The van der Waals surface area contributed by atoms with Gasteiger partial charge in [0.2, 0.25) is 0 Å². The smallest absolute Gasteiger partial charge is 0.0320 e. The number of hydrogen-bond acceptors (Lipinski definition) is 2. The zero-order valence-electron chi connectivity index (χ0n) is 10.8. The summed E-state index contributed by atoms with van der Waals surface area (Å²) in [4.78, 5) is 2.57. The predicted molar refractivity (Wildman–Crippen MR) is 83.8 cm³/mol. The number of piperidine rings is 1. The molecule has 0 aromatic heterocycles. The highest BCUT2D eigenvalue weighted by molar-refractivity contribution is 9.13. The third-order valence-electron chi connectivity index (χ3n) is 3.56. The van der Waals surface area contributed by atoms with Gasteiger partial charge in [0.25, 0.3) is 0 Å².